The second kappa shape index (κ2) is 9.96. The number of piperidine rings is 1. The Morgan fingerprint density at radius 2 is 1.88 bits per heavy atom. The molecule has 3 heterocycles. The molecule has 0 bridgehead atoms. The number of hydrogen-bond donors (Lipinski definition) is 1. The first-order valence-electron chi connectivity index (χ1n) is 11.3. The van der Waals surface area contributed by atoms with Gasteiger partial charge in [0.2, 0.25) is 15.9 Å². The first-order valence-corrected chi connectivity index (χ1v) is 12.8. The summed E-state index contributed by atoms with van der Waals surface area (Å²) < 4.78 is 38.7. The fourth-order valence-corrected chi connectivity index (χ4v) is 6.02. The van der Waals surface area contributed by atoms with E-state index in [0.717, 1.165) is 25.7 Å². The normalized spacial score (nSPS) is 19.4. The van der Waals surface area contributed by atoms with Crippen LogP contribution in [0, 0.1) is 0 Å². The molecule has 9 nitrogen and oxygen atoms in total. The zero-order valence-electron chi connectivity index (χ0n) is 18.7. The Morgan fingerprint density at radius 3 is 2.58 bits per heavy atom. The highest BCUT2D eigenvalue weighted by Gasteiger charge is 2.34. The topological polar surface area (TPSA) is 109 Å². The van der Waals surface area contributed by atoms with Crippen molar-refractivity contribution in [3.63, 3.8) is 0 Å². The van der Waals surface area contributed by atoms with Crippen LogP contribution in [0.15, 0.2) is 45.9 Å². The quantitative estimate of drug-likeness (QED) is 0.659. The van der Waals surface area contributed by atoms with Gasteiger partial charge in [-0.2, -0.15) is 4.31 Å². The molecule has 0 spiro atoms. The third-order valence-electron chi connectivity index (χ3n) is 5.99. The number of amides is 2. The van der Waals surface area contributed by atoms with Gasteiger partial charge in [0.1, 0.15) is 16.7 Å². The van der Waals surface area contributed by atoms with Gasteiger partial charge in [-0.25, -0.2) is 8.42 Å². The number of likely N-dealkylation sites (tertiary alicyclic amines) is 1. The molecule has 1 atom stereocenters. The minimum Gasteiger partial charge on any atom is -0.492 e. The van der Waals surface area contributed by atoms with Gasteiger partial charge in [-0.05, 0) is 69.4 Å². The van der Waals surface area contributed by atoms with Crippen molar-refractivity contribution in [2.24, 2.45) is 0 Å². The van der Waals surface area contributed by atoms with E-state index >= 15 is 0 Å². The molecule has 2 aliphatic heterocycles. The van der Waals surface area contributed by atoms with Crippen molar-refractivity contribution in [3.8, 4) is 5.75 Å². The first-order chi connectivity index (χ1) is 15.9. The summed E-state index contributed by atoms with van der Waals surface area (Å²) in [5.74, 6) is -0.239. The fourth-order valence-electron chi connectivity index (χ4n) is 4.34. The standard InChI is InChI=1S/C23H29N3O6S/c1-2-31-19-11-10-17(16-21(19)33(29,30)25-12-5-6-13-25)24-22(27)18-8-3-4-14-26(18)23(28)20-9-7-15-32-20/h7,9-11,15-16,18H,2-6,8,12-14H2,1H3,(H,24,27). The maximum absolute atomic E-state index is 13.2. The Kier molecular flexibility index (Phi) is 7.04. The van der Waals surface area contributed by atoms with E-state index in [9.17, 15) is 18.0 Å². The fraction of sp³-hybridized carbons (Fsp3) is 0.478. The average Bonchev–Trinajstić information content (AvgIpc) is 3.54. The summed E-state index contributed by atoms with van der Waals surface area (Å²) in [6, 6.07) is 7.17. The lowest BCUT2D eigenvalue weighted by molar-refractivity contribution is -0.121. The van der Waals surface area contributed by atoms with E-state index in [0.29, 0.717) is 38.3 Å². The molecule has 2 saturated heterocycles. The highest BCUT2D eigenvalue weighted by Crippen LogP contribution is 2.32. The number of nitrogens with one attached hydrogen (secondary N) is 1. The Labute approximate surface area is 193 Å². The summed E-state index contributed by atoms with van der Waals surface area (Å²) in [7, 11) is -3.75. The molecule has 1 aromatic carbocycles. The molecule has 2 aromatic rings. The monoisotopic (exact) mass is 475 g/mol. The molecule has 0 saturated carbocycles. The summed E-state index contributed by atoms with van der Waals surface area (Å²) in [6.07, 6.45) is 5.21. The summed E-state index contributed by atoms with van der Waals surface area (Å²) >= 11 is 0. The maximum atomic E-state index is 13.2. The van der Waals surface area contributed by atoms with Gasteiger partial charge in [0.15, 0.2) is 5.76 Å². The molecule has 0 aliphatic carbocycles. The van der Waals surface area contributed by atoms with Gasteiger partial charge in [-0.3, -0.25) is 9.59 Å². The second-order valence-corrected chi connectivity index (χ2v) is 10.1. The predicted octanol–water partition coefficient (Wildman–Crippen LogP) is 3.10. The van der Waals surface area contributed by atoms with Crippen molar-refractivity contribution >= 4 is 27.5 Å². The highest BCUT2D eigenvalue weighted by atomic mass is 32.2. The Bertz CT molecular complexity index is 1090. The lowest BCUT2D eigenvalue weighted by Gasteiger charge is -2.34. The van der Waals surface area contributed by atoms with Gasteiger partial charge in [0, 0.05) is 25.3 Å². The van der Waals surface area contributed by atoms with Gasteiger partial charge in [-0.1, -0.05) is 0 Å². The Morgan fingerprint density at radius 1 is 1.12 bits per heavy atom. The molecule has 1 unspecified atom stereocenters. The van der Waals surface area contributed by atoms with Crippen LogP contribution in [0.25, 0.3) is 0 Å². The van der Waals surface area contributed by atoms with Crippen LogP contribution < -0.4 is 10.1 Å². The van der Waals surface area contributed by atoms with Crippen LogP contribution in [0.2, 0.25) is 0 Å². The lowest BCUT2D eigenvalue weighted by atomic mass is 10.0. The van der Waals surface area contributed by atoms with Gasteiger partial charge in [-0.15, -0.1) is 0 Å². The van der Waals surface area contributed by atoms with E-state index in [-0.39, 0.29) is 28.2 Å². The molecule has 2 aliphatic rings. The van der Waals surface area contributed by atoms with Crippen molar-refractivity contribution in [1.82, 2.24) is 9.21 Å². The van der Waals surface area contributed by atoms with E-state index in [1.54, 1.807) is 31.2 Å². The number of furan rings is 1. The third kappa shape index (κ3) is 4.91. The number of sulfonamides is 1. The zero-order chi connectivity index (χ0) is 23.4. The number of benzene rings is 1. The molecular weight excluding hydrogens is 446 g/mol. The minimum absolute atomic E-state index is 0.0382. The van der Waals surface area contributed by atoms with Crippen LogP contribution in [0.4, 0.5) is 5.69 Å². The van der Waals surface area contributed by atoms with Crippen LogP contribution in [0.5, 0.6) is 5.75 Å². The van der Waals surface area contributed by atoms with Crippen molar-refractivity contribution in [2.75, 3.05) is 31.6 Å². The molecular formula is C23H29N3O6S. The molecule has 2 amide bonds. The van der Waals surface area contributed by atoms with Gasteiger partial charge < -0.3 is 19.4 Å². The molecule has 1 N–H and O–H groups in total. The predicted molar refractivity (Wildman–Crippen MR) is 122 cm³/mol. The SMILES string of the molecule is CCOc1ccc(NC(=O)C2CCCCN2C(=O)c2ccco2)cc1S(=O)(=O)N1CCCC1. The highest BCUT2D eigenvalue weighted by molar-refractivity contribution is 7.89. The van der Waals surface area contributed by atoms with Crippen LogP contribution in [0.1, 0.15) is 49.6 Å². The second-order valence-electron chi connectivity index (χ2n) is 8.18. The Hall–Kier alpha value is -2.85. The molecule has 0 radical (unpaired) electrons. The lowest BCUT2D eigenvalue weighted by Crippen LogP contribution is -2.49. The zero-order valence-corrected chi connectivity index (χ0v) is 19.5. The van der Waals surface area contributed by atoms with Crippen molar-refractivity contribution in [3.05, 3.63) is 42.4 Å². The van der Waals surface area contributed by atoms with Gasteiger partial charge in [0.05, 0.1) is 12.9 Å². The molecule has 10 heteroatoms. The Balaban J connectivity index is 1.57. The summed E-state index contributed by atoms with van der Waals surface area (Å²) in [6.45, 7) is 3.50. The molecule has 33 heavy (non-hydrogen) atoms. The smallest absolute Gasteiger partial charge is 0.290 e. The van der Waals surface area contributed by atoms with Crippen molar-refractivity contribution in [2.45, 2.75) is 50.0 Å². The summed E-state index contributed by atoms with van der Waals surface area (Å²) in [5.41, 5.74) is 0.345. The number of anilines is 1. The number of rotatable bonds is 7. The van der Waals surface area contributed by atoms with E-state index < -0.39 is 16.1 Å². The number of ether oxygens (including phenoxy) is 1. The van der Waals surface area contributed by atoms with Gasteiger partial charge in [0.25, 0.3) is 5.91 Å². The van der Waals surface area contributed by atoms with Crippen molar-refractivity contribution < 1.29 is 27.2 Å². The number of nitrogens with zero attached hydrogens (tertiary/aromatic N) is 2. The summed E-state index contributed by atoms with van der Waals surface area (Å²) in [4.78, 5) is 27.5. The van der Waals surface area contributed by atoms with Crippen LogP contribution in [-0.2, 0) is 14.8 Å². The largest absolute Gasteiger partial charge is 0.492 e. The van der Waals surface area contributed by atoms with Crippen LogP contribution >= 0.6 is 0 Å². The van der Waals surface area contributed by atoms with E-state index in [2.05, 4.69) is 5.32 Å². The molecule has 2 fully saturated rings. The van der Waals surface area contributed by atoms with E-state index in [1.165, 1.54) is 21.5 Å². The van der Waals surface area contributed by atoms with E-state index in [4.69, 9.17) is 9.15 Å². The van der Waals surface area contributed by atoms with Crippen LogP contribution in [-0.4, -0.2) is 61.7 Å². The van der Waals surface area contributed by atoms with E-state index in [1.807, 2.05) is 0 Å². The summed E-state index contributed by atoms with van der Waals surface area (Å²) in [5, 5.41) is 2.81. The number of hydrogen-bond acceptors (Lipinski definition) is 6. The number of carbonyl (C=O) groups is 2. The third-order valence-corrected chi connectivity index (χ3v) is 7.91. The number of carbonyl (C=O) groups excluding carboxylic acids is 2. The first kappa shape index (κ1) is 23.3. The average molecular weight is 476 g/mol. The molecule has 178 valence electrons. The van der Waals surface area contributed by atoms with Crippen LogP contribution in [0.3, 0.4) is 0 Å². The van der Waals surface area contributed by atoms with Gasteiger partial charge >= 0.3 is 0 Å². The molecule has 1 aromatic heterocycles. The minimum atomic E-state index is -3.75. The van der Waals surface area contributed by atoms with Crippen molar-refractivity contribution in [1.29, 1.82) is 0 Å². The molecule has 4 rings (SSSR count). The maximum Gasteiger partial charge on any atom is 0.290 e.